The lowest BCUT2D eigenvalue weighted by molar-refractivity contribution is 0.0914. The van der Waals surface area contributed by atoms with Crippen LogP contribution in [0, 0.1) is 5.82 Å². The fourth-order valence-corrected chi connectivity index (χ4v) is 3.10. The summed E-state index contributed by atoms with van der Waals surface area (Å²) in [6.45, 7) is 8.60. The molecule has 1 fully saturated rings. The molecule has 1 aliphatic rings. The number of rotatable bonds is 6. The molecule has 0 aliphatic carbocycles. The highest BCUT2D eigenvalue weighted by Crippen LogP contribution is 2.13. The average Bonchev–Trinajstić information content (AvgIpc) is 2.67. The van der Waals surface area contributed by atoms with E-state index in [1.807, 2.05) is 38.9 Å². The van der Waals surface area contributed by atoms with Crippen LogP contribution in [0.2, 0.25) is 0 Å². The average molecular weight is 394 g/mol. The van der Waals surface area contributed by atoms with E-state index in [1.54, 1.807) is 11.0 Å². The third kappa shape index (κ3) is 6.37. The van der Waals surface area contributed by atoms with Crippen LogP contribution in [0.5, 0.6) is 0 Å². The van der Waals surface area contributed by atoms with Crippen LogP contribution < -0.4 is 5.32 Å². The summed E-state index contributed by atoms with van der Waals surface area (Å²) in [5.74, 6) is 0.618. The maximum absolute atomic E-state index is 14.0. The second kappa shape index (κ2) is 10.8. The number of hydrogen-bond donors (Lipinski definition) is 1. The molecule has 1 saturated heterocycles. The zero-order valence-corrected chi connectivity index (χ0v) is 17.4. The van der Waals surface area contributed by atoms with Crippen LogP contribution in [0.25, 0.3) is 0 Å². The molecule has 0 atom stereocenters. The minimum absolute atomic E-state index is 0.191. The number of benzene rings is 1. The standard InChI is InChI=1S/C20H32FN5O2/c1-5-22-19(25-9-11-26(12-10-25)20(27)28-6-2)23-14-16-7-8-18(21)17(13-16)15-24(3)4/h7-8,13H,5-6,9-12,14-15H2,1-4H3,(H,22,23). The summed E-state index contributed by atoms with van der Waals surface area (Å²) in [4.78, 5) is 22.4. The Hall–Kier alpha value is -2.35. The van der Waals surface area contributed by atoms with Crippen LogP contribution in [-0.4, -0.2) is 80.2 Å². The molecule has 7 nitrogen and oxygen atoms in total. The Morgan fingerprint density at radius 2 is 1.89 bits per heavy atom. The van der Waals surface area contributed by atoms with Crippen molar-refractivity contribution in [2.45, 2.75) is 26.9 Å². The molecule has 1 aliphatic heterocycles. The molecule has 1 amide bonds. The summed E-state index contributed by atoms with van der Waals surface area (Å²) >= 11 is 0. The number of ether oxygens (including phenoxy) is 1. The lowest BCUT2D eigenvalue weighted by atomic mass is 10.1. The van der Waals surface area contributed by atoms with Gasteiger partial charge in [0.1, 0.15) is 5.82 Å². The van der Waals surface area contributed by atoms with E-state index in [2.05, 4.69) is 10.2 Å². The molecule has 0 aromatic heterocycles. The Balaban J connectivity index is 2.02. The molecule has 2 rings (SSSR count). The number of nitrogens with one attached hydrogen (secondary N) is 1. The lowest BCUT2D eigenvalue weighted by Gasteiger charge is -2.35. The summed E-state index contributed by atoms with van der Waals surface area (Å²) in [6, 6.07) is 5.16. The van der Waals surface area contributed by atoms with Gasteiger partial charge in [0.2, 0.25) is 0 Å². The summed E-state index contributed by atoms with van der Waals surface area (Å²) in [5, 5.41) is 3.31. The fraction of sp³-hybridized carbons (Fsp3) is 0.600. The molecule has 0 saturated carbocycles. The minimum atomic E-state index is -0.260. The third-order valence-electron chi connectivity index (χ3n) is 4.45. The first kappa shape index (κ1) is 21.9. The Morgan fingerprint density at radius 1 is 1.21 bits per heavy atom. The van der Waals surface area contributed by atoms with Crippen LogP contribution in [0.1, 0.15) is 25.0 Å². The van der Waals surface area contributed by atoms with Crippen molar-refractivity contribution in [2.24, 2.45) is 4.99 Å². The van der Waals surface area contributed by atoms with Crippen LogP contribution in [-0.2, 0) is 17.8 Å². The Kier molecular flexibility index (Phi) is 8.50. The van der Waals surface area contributed by atoms with Crippen LogP contribution >= 0.6 is 0 Å². The van der Waals surface area contributed by atoms with Crippen molar-refractivity contribution in [2.75, 3.05) is 53.4 Å². The van der Waals surface area contributed by atoms with Gasteiger partial charge in [0.05, 0.1) is 13.2 Å². The van der Waals surface area contributed by atoms with Crippen LogP contribution in [0.15, 0.2) is 23.2 Å². The SMILES string of the molecule is CCNC(=NCc1ccc(F)c(CN(C)C)c1)N1CCN(C(=O)OCC)CC1. The van der Waals surface area contributed by atoms with E-state index in [0.29, 0.717) is 51.4 Å². The van der Waals surface area contributed by atoms with E-state index in [4.69, 9.17) is 9.73 Å². The van der Waals surface area contributed by atoms with Gasteiger partial charge < -0.3 is 24.8 Å². The van der Waals surface area contributed by atoms with E-state index >= 15 is 0 Å². The number of carbonyl (C=O) groups is 1. The molecule has 8 heteroatoms. The topological polar surface area (TPSA) is 60.4 Å². The lowest BCUT2D eigenvalue weighted by Crippen LogP contribution is -2.53. The molecule has 0 spiro atoms. The third-order valence-corrected chi connectivity index (χ3v) is 4.45. The van der Waals surface area contributed by atoms with Gasteiger partial charge in [0.25, 0.3) is 0 Å². The van der Waals surface area contributed by atoms with Crippen molar-refractivity contribution in [1.29, 1.82) is 0 Å². The number of amides is 1. The van der Waals surface area contributed by atoms with Crippen LogP contribution in [0.4, 0.5) is 9.18 Å². The Bertz CT molecular complexity index is 673. The minimum Gasteiger partial charge on any atom is -0.450 e. The number of piperazine rings is 1. The summed E-state index contributed by atoms with van der Waals surface area (Å²) in [6.07, 6.45) is -0.260. The number of nitrogens with zero attached hydrogens (tertiary/aromatic N) is 4. The summed E-state index contributed by atoms with van der Waals surface area (Å²) < 4.78 is 19.0. The zero-order chi connectivity index (χ0) is 20.5. The highest BCUT2D eigenvalue weighted by atomic mass is 19.1. The van der Waals surface area contributed by atoms with Crippen molar-refractivity contribution in [3.8, 4) is 0 Å². The number of hydrogen-bond acceptors (Lipinski definition) is 4. The number of halogens is 1. The molecule has 0 radical (unpaired) electrons. The van der Waals surface area contributed by atoms with Gasteiger partial charge >= 0.3 is 6.09 Å². The fourth-order valence-electron chi connectivity index (χ4n) is 3.10. The van der Waals surface area contributed by atoms with Gasteiger partial charge in [-0.2, -0.15) is 0 Å². The predicted octanol–water partition coefficient (Wildman–Crippen LogP) is 2.13. The maximum Gasteiger partial charge on any atom is 0.409 e. The zero-order valence-electron chi connectivity index (χ0n) is 17.4. The molecular formula is C20H32FN5O2. The van der Waals surface area contributed by atoms with Gasteiger partial charge in [-0.3, -0.25) is 0 Å². The second-order valence-electron chi connectivity index (χ2n) is 7.01. The first-order chi connectivity index (χ1) is 13.4. The van der Waals surface area contributed by atoms with Crippen LogP contribution in [0.3, 0.4) is 0 Å². The number of guanidine groups is 1. The molecule has 1 aromatic carbocycles. The van der Waals surface area contributed by atoms with Crippen molar-refractivity contribution in [1.82, 2.24) is 20.0 Å². The van der Waals surface area contributed by atoms with Crippen molar-refractivity contribution >= 4 is 12.1 Å². The quantitative estimate of drug-likeness (QED) is 0.593. The molecule has 1 aromatic rings. The van der Waals surface area contributed by atoms with Gasteiger partial charge in [-0.25, -0.2) is 14.2 Å². The highest BCUT2D eigenvalue weighted by molar-refractivity contribution is 5.80. The normalized spacial score (nSPS) is 15.1. The van der Waals surface area contributed by atoms with Crippen molar-refractivity contribution in [3.63, 3.8) is 0 Å². The van der Waals surface area contributed by atoms with Crippen molar-refractivity contribution in [3.05, 3.63) is 35.1 Å². The first-order valence-electron chi connectivity index (χ1n) is 9.81. The molecule has 0 unspecified atom stereocenters. The molecule has 156 valence electrons. The predicted molar refractivity (Wildman–Crippen MR) is 109 cm³/mol. The molecule has 1 N–H and O–H groups in total. The van der Waals surface area contributed by atoms with Gasteiger partial charge in [-0.15, -0.1) is 0 Å². The smallest absolute Gasteiger partial charge is 0.409 e. The first-order valence-corrected chi connectivity index (χ1v) is 9.81. The molecule has 28 heavy (non-hydrogen) atoms. The summed E-state index contributed by atoms with van der Waals surface area (Å²) in [7, 11) is 3.84. The van der Waals surface area contributed by atoms with Crippen molar-refractivity contribution < 1.29 is 13.9 Å². The Labute approximate surface area is 167 Å². The number of carbonyl (C=O) groups excluding carboxylic acids is 1. The molecule has 1 heterocycles. The van der Waals surface area contributed by atoms with Gasteiger partial charge in [-0.05, 0) is 45.6 Å². The number of aliphatic imine (C=N–C) groups is 1. The summed E-state index contributed by atoms with van der Waals surface area (Å²) in [5.41, 5.74) is 1.64. The van der Waals surface area contributed by atoms with Gasteiger partial charge in [0, 0.05) is 44.8 Å². The largest absolute Gasteiger partial charge is 0.450 e. The Morgan fingerprint density at radius 3 is 2.50 bits per heavy atom. The van der Waals surface area contributed by atoms with E-state index in [1.165, 1.54) is 6.07 Å². The molecule has 0 bridgehead atoms. The van der Waals surface area contributed by atoms with E-state index in [9.17, 15) is 9.18 Å². The van der Waals surface area contributed by atoms with E-state index in [-0.39, 0.29) is 11.9 Å². The highest BCUT2D eigenvalue weighted by Gasteiger charge is 2.23. The molecular weight excluding hydrogens is 361 g/mol. The van der Waals surface area contributed by atoms with Gasteiger partial charge in [0.15, 0.2) is 5.96 Å². The monoisotopic (exact) mass is 393 g/mol. The maximum atomic E-state index is 14.0. The van der Waals surface area contributed by atoms with E-state index in [0.717, 1.165) is 18.1 Å². The van der Waals surface area contributed by atoms with Gasteiger partial charge in [-0.1, -0.05) is 6.07 Å². The van der Waals surface area contributed by atoms with E-state index < -0.39 is 0 Å². The second-order valence-corrected chi connectivity index (χ2v) is 7.01.